The van der Waals surface area contributed by atoms with E-state index in [1.165, 1.54) is 31.4 Å². The van der Waals surface area contributed by atoms with Crippen LogP contribution in [0.5, 0.6) is 0 Å². The lowest BCUT2D eigenvalue weighted by molar-refractivity contribution is 0.122. The predicted octanol–water partition coefficient (Wildman–Crippen LogP) is 2.70. The number of nitrogens with zero attached hydrogens (tertiary/aromatic N) is 2. The van der Waals surface area contributed by atoms with E-state index < -0.39 is 0 Å². The first-order valence-electron chi connectivity index (χ1n) is 7.60. The van der Waals surface area contributed by atoms with Crippen LogP contribution < -0.4 is 10.6 Å². The van der Waals surface area contributed by atoms with Gasteiger partial charge in [-0.15, -0.1) is 0 Å². The SMILES string of the molecule is NC(=Nc1ccc(N2CCOCC2)cc1)C1CCCC1. The van der Waals surface area contributed by atoms with Gasteiger partial charge in [0, 0.05) is 24.7 Å². The Morgan fingerprint density at radius 3 is 2.40 bits per heavy atom. The minimum absolute atomic E-state index is 0.494. The summed E-state index contributed by atoms with van der Waals surface area (Å²) in [7, 11) is 0. The minimum Gasteiger partial charge on any atom is -0.387 e. The molecule has 0 unspecified atom stereocenters. The van der Waals surface area contributed by atoms with Crippen molar-refractivity contribution in [2.24, 2.45) is 16.6 Å². The van der Waals surface area contributed by atoms with Gasteiger partial charge in [-0.05, 0) is 37.1 Å². The van der Waals surface area contributed by atoms with Crippen LogP contribution in [0.25, 0.3) is 0 Å². The van der Waals surface area contributed by atoms with Crippen molar-refractivity contribution in [2.45, 2.75) is 25.7 Å². The molecule has 1 aliphatic heterocycles. The van der Waals surface area contributed by atoms with Crippen LogP contribution in [0.1, 0.15) is 25.7 Å². The number of hydrogen-bond acceptors (Lipinski definition) is 3. The molecule has 108 valence electrons. The average molecular weight is 273 g/mol. The van der Waals surface area contributed by atoms with Crippen molar-refractivity contribution in [2.75, 3.05) is 31.2 Å². The van der Waals surface area contributed by atoms with Gasteiger partial charge in [0.1, 0.15) is 5.84 Å². The molecule has 4 heteroatoms. The van der Waals surface area contributed by atoms with Gasteiger partial charge in [0.05, 0.1) is 18.9 Å². The summed E-state index contributed by atoms with van der Waals surface area (Å²) in [4.78, 5) is 6.92. The Hall–Kier alpha value is -1.55. The molecular weight excluding hydrogens is 250 g/mol. The van der Waals surface area contributed by atoms with Gasteiger partial charge >= 0.3 is 0 Å². The molecule has 1 heterocycles. The van der Waals surface area contributed by atoms with Gasteiger partial charge in [-0.1, -0.05) is 12.8 Å². The Bertz CT molecular complexity index is 457. The highest BCUT2D eigenvalue weighted by Crippen LogP contribution is 2.27. The highest BCUT2D eigenvalue weighted by molar-refractivity contribution is 5.85. The van der Waals surface area contributed by atoms with Crippen LogP contribution in [0.2, 0.25) is 0 Å². The van der Waals surface area contributed by atoms with E-state index in [0.717, 1.165) is 37.8 Å². The Kier molecular flexibility index (Phi) is 4.21. The minimum atomic E-state index is 0.494. The van der Waals surface area contributed by atoms with Crippen molar-refractivity contribution in [1.29, 1.82) is 0 Å². The van der Waals surface area contributed by atoms with Crippen LogP contribution in [0.15, 0.2) is 29.3 Å². The molecule has 0 aromatic heterocycles. The van der Waals surface area contributed by atoms with Crippen LogP contribution in [0, 0.1) is 5.92 Å². The number of morpholine rings is 1. The molecule has 1 aromatic rings. The second-order valence-corrected chi connectivity index (χ2v) is 5.63. The lowest BCUT2D eigenvalue weighted by atomic mass is 10.1. The summed E-state index contributed by atoms with van der Waals surface area (Å²) in [6.07, 6.45) is 4.97. The maximum absolute atomic E-state index is 6.11. The van der Waals surface area contributed by atoms with E-state index >= 15 is 0 Å². The van der Waals surface area contributed by atoms with E-state index in [2.05, 4.69) is 34.2 Å². The van der Waals surface area contributed by atoms with Crippen molar-refractivity contribution in [1.82, 2.24) is 0 Å². The van der Waals surface area contributed by atoms with Crippen molar-refractivity contribution in [3.05, 3.63) is 24.3 Å². The fraction of sp³-hybridized carbons (Fsp3) is 0.562. The second kappa shape index (κ2) is 6.27. The van der Waals surface area contributed by atoms with Crippen LogP contribution in [-0.2, 0) is 4.74 Å². The van der Waals surface area contributed by atoms with E-state index in [9.17, 15) is 0 Å². The van der Waals surface area contributed by atoms with E-state index in [0.29, 0.717) is 5.92 Å². The van der Waals surface area contributed by atoms with Gasteiger partial charge in [0.25, 0.3) is 0 Å². The molecule has 3 rings (SSSR count). The zero-order chi connectivity index (χ0) is 13.8. The maximum Gasteiger partial charge on any atom is 0.103 e. The molecule has 0 atom stereocenters. The van der Waals surface area contributed by atoms with Crippen LogP contribution >= 0.6 is 0 Å². The monoisotopic (exact) mass is 273 g/mol. The topological polar surface area (TPSA) is 50.8 Å². The van der Waals surface area contributed by atoms with E-state index in [1.54, 1.807) is 0 Å². The molecule has 2 N–H and O–H groups in total. The number of amidine groups is 1. The molecule has 0 radical (unpaired) electrons. The third kappa shape index (κ3) is 3.12. The number of rotatable bonds is 3. The molecule has 0 amide bonds. The summed E-state index contributed by atoms with van der Waals surface area (Å²) in [5.41, 5.74) is 8.32. The largest absolute Gasteiger partial charge is 0.387 e. The standard InChI is InChI=1S/C16H23N3O/c17-16(13-3-1-2-4-13)18-14-5-7-15(8-6-14)19-9-11-20-12-10-19/h5-8,13H,1-4,9-12H2,(H2,17,18). The fourth-order valence-electron chi connectivity index (χ4n) is 3.02. The molecule has 1 aliphatic carbocycles. The molecule has 4 nitrogen and oxygen atoms in total. The smallest absolute Gasteiger partial charge is 0.103 e. The van der Waals surface area contributed by atoms with Gasteiger partial charge in [-0.2, -0.15) is 0 Å². The number of benzene rings is 1. The van der Waals surface area contributed by atoms with Crippen molar-refractivity contribution in [3.63, 3.8) is 0 Å². The third-order valence-corrected chi connectivity index (χ3v) is 4.26. The zero-order valence-corrected chi connectivity index (χ0v) is 11.9. The summed E-state index contributed by atoms with van der Waals surface area (Å²) < 4.78 is 5.37. The highest BCUT2D eigenvalue weighted by atomic mass is 16.5. The lowest BCUT2D eigenvalue weighted by Gasteiger charge is -2.28. The van der Waals surface area contributed by atoms with Crippen molar-refractivity contribution in [3.8, 4) is 0 Å². The summed E-state index contributed by atoms with van der Waals surface area (Å²) in [5.74, 6) is 1.30. The van der Waals surface area contributed by atoms with Gasteiger partial charge in [0.2, 0.25) is 0 Å². The Morgan fingerprint density at radius 1 is 1.10 bits per heavy atom. The Balaban J connectivity index is 1.67. The molecule has 20 heavy (non-hydrogen) atoms. The number of hydrogen-bond donors (Lipinski definition) is 1. The molecule has 1 saturated carbocycles. The first kappa shape index (κ1) is 13.4. The van der Waals surface area contributed by atoms with E-state index in [4.69, 9.17) is 10.5 Å². The van der Waals surface area contributed by atoms with E-state index in [1.807, 2.05) is 0 Å². The van der Waals surface area contributed by atoms with Gasteiger partial charge in [-0.3, -0.25) is 0 Å². The molecule has 0 spiro atoms. The van der Waals surface area contributed by atoms with Crippen LogP contribution in [0.4, 0.5) is 11.4 Å². The highest BCUT2D eigenvalue weighted by Gasteiger charge is 2.18. The number of aliphatic imine (C=N–C) groups is 1. The summed E-state index contributed by atoms with van der Waals surface area (Å²) >= 11 is 0. The molecular formula is C16H23N3O. The summed E-state index contributed by atoms with van der Waals surface area (Å²) in [5, 5.41) is 0. The average Bonchev–Trinajstić information content (AvgIpc) is 3.03. The van der Waals surface area contributed by atoms with Gasteiger partial charge in [0.15, 0.2) is 0 Å². The van der Waals surface area contributed by atoms with Gasteiger partial charge in [-0.25, -0.2) is 4.99 Å². The number of anilines is 1. The van der Waals surface area contributed by atoms with E-state index in [-0.39, 0.29) is 0 Å². The Labute approximate surface area is 120 Å². The van der Waals surface area contributed by atoms with Crippen LogP contribution in [0.3, 0.4) is 0 Å². The molecule has 1 aromatic carbocycles. The van der Waals surface area contributed by atoms with Crippen molar-refractivity contribution >= 4 is 17.2 Å². The number of nitrogens with two attached hydrogens (primary N) is 1. The van der Waals surface area contributed by atoms with Gasteiger partial charge < -0.3 is 15.4 Å². The Morgan fingerprint density at radius 2 is 1.75 bits per heavy atom. The molecule has 1 saturated heterocycles. The third-order valence-electron chi connectivity index (χ3n) is 4.26. The summed E-state index contributed by atoms with van der Waals surface area (Å²) in [6.45, 7) is 3.56. The maximum atomic E-state index is 6.11. The quantitative estimate of drug-likeness (QED) is 0.680. The molecule has 0 bridgehead atoms. The fourth-order valence-corrected chi connectivity index (χ4v) is 3.02. The lowest BCUT2D eigenvalue weighted by Crippen LogP contribution is -2.36. The molecule has 2 fully saturated rings. The predicted molar refractivity (Wildman–Crippen MR) is 82.7 cm³/mol. The van der Waals surface area contributed by atoms with Crippen LogP contribution in [-0.4, -0.2) is 32.1 Å². The first-order valence-corrected chi connectivity index (χ1v) is 7.60. The molecule has 2 aliphatic rings. The zero-order valence-electron chi connectivity index (χ0n) is 11.9. The number of ether oxygens (including phenoxy) is 1. The second-order valence-electron chi connectivity index (χ2n) is 5.63. The summed E-state index contributed by atoms with van der Waals surface area (Å²) in [6, 6.07) is 8.39. The normalized spacial score (nSPS) is 21.4. The first-order chi connectivity index (χ1) is 9.83. The van der Waals surface area contributed by atoms with Crippen molar-refractivity contribution < 1.29 is 4.74 Å².